The van der Waals surface area contributed by atoms with E-state index in [0.29, 0.717) is 29.6 Å². The molecule has 0 spiro atoms. The summed E-state index contributed by atoms with van der Waals surface area (Å²) < 4.78 is 43.8. The van der Waals surface area contributed by atoms with Crippen LogP contribution in [-0.4, -0.2) is 33.1 Å². The predicted molar refractivity (Wildman–Crippen MR) is 87.7 cm³/mol. The molecule has 6 nitrogen and oxygen atoms in total. The Bertz CT molecular complexity index is 929. The van der Waals surface area contributed by atoms with Gasteiger partial charge in [0.1, 0.15) is 5.60 Å². The third kappa shape index (κ3) is 3.51. The quantitative estimate of drug-likeness (QED) is 0.774. The van der Waals surface area contributed by atoms with Crippen LogP contribution in [0.3, 0.4) is 0 Å². The summed E-state index contributed by atoms with van der Waals surface area (Å²) >= 11 is 0. The number of carbonyl (C=O) groups is 1. The second kappa shape index (κ2) is 6.00. The highest BCUT2D eigenvalue weighted by molar-refractivity contribution is 5.80. The molecular weight excluding hydrogens is 351 g/mol. The van der Waals surface area contributed by atoms with E-state index in [9.17, 15) is 22.8 Å². The number of fused-ring (bicyclic) bond motifs is 3. The SMILES string of the molecule is CC(C)(C)OC(=O)N1CCc2c(c(=O)[nH]c3cc(C(F)(F)F)cnc23)C1. The monoisotopic (exact) mass is 369 g/mol. The van der Waals surface area contributed by atoms with Crippen LogP contribution in [0.5, 0.6) is 0 Å². The van der Waals surface area contributed by atoms with Gasteiger partial charge in [-0.25, -0.2) is 4.79 Å². The van der Waals surface area contributed by atoms with E-state index in [2.05, 4.69) is 9.97 Å². The van der Waals surface area contributed by atoms with Gasteiger partial charge in [-0.2, -0.15) is 13.2 Å². The molecule has 1 N–H and O–H groups in total. The molecular formula is C17H18F3N3O3. The van der Waals surface area contributed by atoms with E-state index in [-0.39, 0.29) is 12.1 Å². The van der Waals surface area contributed by atoms with Crippen molar-refractivity contribution in [2.24, 2.45) is 0 Å². The molecule has 1 aliphatic rings. The molecule has 0 atom stereocenters. The van der Waals surface area contributed by atoms with Crippen molar-refractivity contribution in [1.82, 2.24) is 14.9 Å². The van der Waals surface area contributed by atoms with Crippen molar-refractivity contribution in [3.8, 4) is 0 Å². The van der Waals surface area contributed by atoms with Crippen molar-refractivity contribution in [1.29, 1.82) is 0 Å². The number of halogens is 3. The Kier molecular flexibility index (Phi) is 4.20. The second-order valence-electron chi connectivity index (χ2n) is 7.18. The fourth-order valence-electron chi connectivity index (χ4n) is 2.87. The molecule has 3 rings (SSSR count). The Morgan fingerprint density at radius 2 is 1.96 bits per heavy atom. The van der Waals surface area contributed by atoms with E-state index >= 15 is 0 Å². The van der Waals surface area contributed by atoms with E-state index in [0.717, 1.165) is 12.3 Å². The lowest BCUT2D eigenvalue weighted by atomic mass is 9.99. The number of rotatable bonds is 0. The summed E-state index contributed by atoms with van der Waals surface area (Å²) in [6.45, 7) is 5.54. The number of hydrogen-bond acceptors (Lipinski definition) is 4. The Labute approximate surface area is 147 Å². The third-order valence-electron chi connectivity index (χ3n) is 4.02. The summed E-state index contributed by atoms with van der Waals surface area (Å²) in [5.74, 6) is 0. The van der Waals surface area contributed by atoms with Gasteiger partial charge in [0.2, 0.25) is 0 Å². The maximum Gasteiger partial charge on any atom is 0.417 e. The fourth-order valence-corrected chi connectivity index (χ4v) is 2.87. The summed E-state index contributed by atoms with van der Waals surface area (Å²) in [6, 6.07) is 0.879. The number of alkyl halides is 3. The molecule has 26 heavy (non-hydrogen) atoms. The summed E-state index contributed by atoms with van der Waals surface area (Å²) in [4.78, 5) is 32.3. The molecule has 140 valence electrons. The maximum absolute atomic E-state index is 12.8. The highest BCUT2D eigenvalue weighted by atomic mass is 19.4. The first-order valence-corrected chi connectivity index (χ1v) is 8.04. The van der Waals surface area contributed by atoms with Crippen molar-refractivity contribution in [2.75, 3.05) is 6.54 Å². The zero-order chi connectivity index (χ0) is 19.3. The minimum Gasteiger partial charge on any atom is -0.444 e. The van der Waals surface area contributed by atoms with Crippen LogP contribution < -0.4 is 5.56 Å². The number of nitrogens with one attached hydrogen (secondary N) is 1. The highest BCUT2D eigenvalue weighted by Gasteiger charge is 2.33. The number of aromatic amines is 1. The fraction of sp³-hybridized carbons (Fsp3) is 0.471. The molecule has 9 heteroatoms. The summed E-state index contributed by atoms with van der Waals surface area (Å²) in [6.07, 6.45) is -4.02. The predicted octanol–water partition coefficient (Wildman–Crippen LogP) is 3.24. The zero-order valence-electron chi connectivity index (χ0n) is 14.5. The van der Waals surface area contributed by atoms with Crippen LogP contribution in [0.2, 0.25) is 0 Å². The van der Waals surface area contributed by atoms with Crippen LogP contribution in [0.1, 0.15) is 37.5 Å². The first-order valence-electron chi connectivity index (χ1n) is 8.04. The normalized spacial score (nSPS) is 15.1. The van der Waals surface area contributed by atoms with Gasteiger partial charge >= 0.3 is 12.3 Å². The Morgan fingerprint density at radius 3 is 2.58 bits per heavy atom. The first kappa shape index (κ1) is 18.2. The van der Waals surface area contributed by atoms with Crippen LogP contribution >= 0.6 is 0 Å². The van der Waals surface area contributed by atoms with Crippen molar-refractivity contribution in [2.45, 2.75) is 45.5 Å². The Morgan fingerprint density at radius 1 is 1.27 bits per heavy atom. The Balaban J connectivity index is 1.98. The van der Waals surface area contributed by atoms with Crippen LogP contribution in [0, 0.1) is 0 Å². The van der Waals surface area contributed by atoms with E-state index < -0.39 is 29.0 Å². The maximum atomic E-state index is 12.8. The van der Waals surface area contributed by atoms with Crippen LogP contribution in [-0.2, 0) is 23.9 Å². The van der Waals surface area contributed by atoms with Crippen LogP contribution in [0.15, 0.2) is 17.1 Å². The number of hydrogen-bond donors (Lipinski definition) is 1. The molecule has 0 aromatic carbocycles. The number of ether oxygens (including phenoxy) is 1. The van der Waals surface area contributed by atoms with E-state index in [1.54, 1.807) is 20.8 Å². The average molecular weight is 369 g/mol. The van der Waals surface area contributed by atoms with Gasteiger partial charge in [-0.15, -0.1) is 0 Å². The van der Waals surface area contributed by atoms with E-state index in [1.165, 1.54) is 4.90 Å². The lowest BCUT2D eigenvalue weighted by molar-refractivity contribution is -0.137. The number of aromatic nitrogens is 2. The standard InChI is InChI=1S/C17H18F3N3O3/c1-16(2,3)26-15(25)23-5-4-10-11(8-23)14(24)22-12-6-9(17(18,19)20)7-21-13(10)12/h6-7H,4-5,8H2,1-3H3,(H,22,24). The number of pyridine rings is 2. The molecule has 0 saturated carbocycles. The molecule has 0 radical (unpaired) electrons. The first-order chi connectivity index (χ1) is 12.0. The summed E-state index contributed by atoms with van der Waals surface area (Å²) in [5, 5.41) is 0. The van der Waals surface area contributed by atoms with Gasteiger partial charge in [0.15, 0.2) is 0 Å². The largest absolute Gasteiger partial charge is 0.444 e. The topological polar surface area (TPSA) is 75.3 Å². The van der Waals surface area contributed by atoms with Gasteiger partial charge in [-0.1, -0.05) is 0 Å². The molecule has 1 aliphatic heterocycles. The smallest absolute Gasteiger partial charge is 0.417 e. The minimum atomic E-state index is -4.54. The van der Waals surface area contributed by atoms with Gasteiger partial charge in [0, 0.05) is 18.3 Å². The van der Waals surface area contributed by atoms with Gasteiger partial charge in [0.05, 0.1) is 23.1 Å². The number of carbonyl (C=O) groups excluding carboxylic acids is 1. The summed E-state index contributed by atoms with van der Waals surface area (Å²) in [7, 11) is 0. The van der Waals surface area contributed by atoms with E-state index in [4.69, 9.17) is 4.74 Å². The van der Waals surface area contributed by atoms with Crippen LogP contribution in [0.25, 0.3) is 11.0 Å². The molecule has 3 heterocycles. The molecule has 2 aromatic heterocycles. The molecule has 0 bridgehead atoms. The summed E-state index contributed by atoms with van der Waals surface area (Å²) in [5.41, 5.74) is -0.874. The molecule has 0 fully saturated rings. The van der Waals surface area contributed by atoms with Crippen molar-refractivity contribution >= 4 is 17.1 Å². The van der Waals surface area contributed by atoms with Crippen molar-refractivity contribution in [3.05, 3.63) is 39.3 Å². The average Bonchev–Trinajstić information content (AvgIpc) is 2.51. The molecule has 2 aromatic rings. The van der Waals surface area contributed by atoms with Crippen LogP contribution in [0.4, 0.5) is 18.0 Å². The van der Waals surface area contributed by atoms with Gasteiger partial charge in [-0.3, -0.25) is 9.78 Å². The molecule has 0 unspecified atom stereocenters. The zero-order valence-corrected chi connectivity index (χ0v) is 14.5. The second-order valence-corrected chi connectivity index (χ2v) is 7.18. The minimum absolute atomic E-state index is 0.0260. The van der Waals surface area contributed by atoms with E-state index in [1.807, 2.05) is 0 Å². The van der Waals surface area contributed by atoms with Crippen molar-refractivity contribution in [3.63, 3.8) is 0 Å². The lowest BCUT2D eigenvalue weighted by Gasteiger charge is -2.31. The van der Waals surface area contributed by atoms with Gasteiger partial charge in [-0.05, 0) is 38.8 Å². The number of H-pyrrole nitrogens is 1. The van der Waals surface area contributed by atoms with Gasteiger partial charge in [0.25, 0.3) is 5.56 Å². The number of amides is 1. The Hall–Kier alpha value is -2.58. The molecule has 1 amide bonds. The van der Waals surface area contributed by atoms with Gasteiger partial charge < -0.3 is 14.6 Å². The molecule has 0 saturated heterocycles. The highest BCUT2D eigenvalue weighted by Crippen LogP contribution is 2.31. The molecule has 0 aliphatic carbocycles. The van der Waals surface area contributed by atoms with Crippen molar-refractivity contribution < 1.29 is 22.7 Å². The third-order valence-corrected chi connectivity index (χ3v) is 4.02. The lowest BCUT2D eigenvalue weighted by Crippen LogP contribution is -2.42. The number of nitrogens with zero attached hydrogens (tertiary/aromatic N) is 2.